The minimum Gasteiger partial charge on any atom is -0.477 e. The minimum atomic E-state index is -0.876. The number of hydrogen-bond donors (Lipinski definition) is 1. The van der Waals surface area contributed by atoms with Gasteiger partial charge in [0.05, 0.1) is 34.4 Å². The number of ether oxygens (including phenoxy) is 3. The standard InChI is InChI=1S/C53H95NO7/c1-6-8-10-12-14-16-18-20-22-24-25-26-27-28-30-32-34-36-38-40-42-44-52(56)61-49(47-59-46-45-50(53(57)58)54(3,4)5)48-60-51(55)43-41-39-37-35-33-31-29-23-21-19-17-15-13-11-9-7-2/h8,10,14,16,20,22-23,29,49-50H,6-7,9,11-13,15,17-19,21,24-28,30-48H2,1-5H3/p+1/b10-8+,16-14+,22-20+,29-23+. The van der Waals surface area contributed by atoms with Crippen LogP contribution in [0, 0.1) is 0 Å². The van der Waals surface area contributed by atoms with E-state index in [2.05, 4.69) is 62.5 Å². The molecular weight excluding hydrogens is 763 g/mol. The van der Waals surface area contributed by atoms with Crippen molar-refractivity contribution in [3.05, 3.63) is 48.6 Å². The number of rotatable bonds is 45. The number of carbonyl (C=O) groups is 3. The third-order valence-corrected chi connectivity index (χ3v) is 11.2. The van der Waals surface area contributed by atoms with E-state index in [1.807, 2.05) is 21.1 Å². The Labute approximate surface area is 376 Å². The largest absolute Gasteiger partial charge is 0.477 e. The number of allylic oxidation sites excluding steroid dienone is 8. The van der Waals surface area contributed by atoms with Crippen molar-refractivity contribution >= 4 is 17.9 Å². The summed E-state index contributed by atoms with van der Waals surface area (Å²) >= 11 is 0. The zero-order valence-electron chi connectivity index (χ0n) is 40.4. The van der Waals surface area contributed by atoms with Gasteiger partial charge in [-0.2, -0.15) is 0 Å². The van der Waals surface area contributed by atoms with Crippen LogP contribution < -0.4 is 0 Å². The fraction of sp³-hybridized carbons (Fsp3) is 0.792. The Morgan fingerprint density at radius 2 is 0.918 bits per heavy atom. The topological polar surface area (TPSA) is 99.1 Å². The van der Waals surface area contributed by atoms with Gasteiger partial charge in [-0.1, -0.05) is 178 Å². The predicted molar refractivity (Wildman–Crippen MR) is 257 cm³/mol. The fourth-order valence-corrected chi connectivity index (χ4v) is 7.34. The van der Waals surface area contributed by atoms with Crippen LogP contribution in [0.1, 0.15) is 219 Å². The summed E-state index contributed by atoms with van der Waals surface area (Å²) in [4.78, 5) is 37.1. The number of esters is 2. The van der Waals surface area contributed by atoms with Crippen LogP contribution >= 0.6 is 0 Å². The first-order valence-electron chi connectivity index (χ1n) is 25.2. The molecule has 0 rings (SSSR count). The smallest absolute Gasteiger partial charge is 0.362 e. The molecule has 0 bridgehead atoms. The Morgan fingerprint density at radius 1 is 0.508 bits per heavy atom. The highest BCUT2D eigenvalue weighted by Crippen LogP contribution is 2.15. The average Bonchev–Trinajstić information content (AvgIpc) is 3.22. The Balaban J connectivity index is 4.25. The Bertz CT molecular complexity index is 1140. The van der Waals surface area contributed by atoms with Crippen molar-refractivity contribution in [3.8, 4) is 0 Å². The molecule has 61 heavy (non-hydrogen) atoms. The van der Waals surface area contributed by atoms with Crippen LogP contribution in [0.25, 0.3) is 0 Å². The van der Waals surface area contributed by atoms with E-state index >= 15 is 0 Å². The second kappa shape index (κ2) is 43.9. The van der Waals surface area contributed by atoms with Gasteiger partial charge in [0.15, 0.2) is 12.1 Å². The zero-order valence-corrected chi connectivity index (χ0v) is 40.4. The summed E-state index contributed by atoms with van der Waals surface area (Å²) in [5.74, 6) is -1.47. The van der Waals surface area contributed by atoms with E-state index in [-0.39, 0.29) is 36.2 Å². The summed E-state index contributed by atoms with van der Waals surface area (Å²) in [6.07, 6.45) is 53.0. The molecule has 0 spiro atoms. The van der Waals surface area contributed by atoms with Gasteiger partial charge < -0.3 is 23.8 Å². The number of aliphatic carboxylic acids is 1. The number of nitrogens with zero attached hydrogens (tertiary/aromatic N) is 1. The zero-order chi connectivity index (χ0) is 44.9. The Kier molecular flexibility index (Phi) is 42.0. The van der Waals surface area contributed by atoms with Crippen LogP contribution in [-0.4, -0.2) is 80.6 Å². The summed E-state index contributed by atoms with van der Waals surface area (Å²) in [5.41, 5.74) is 0. The van der Waals surface area contributed by atoms with Crippen molar-refractivity contribution in [3.63, 3.8) is 0 Å². The van der Waals surface area contributed by atoms with E-state index in [0.29, 0.717) is 19.3 Å². The SMILES string of the molecule is CC/C=C/C/C=C/C/C=C/CCCCCCCCCCCCCC(=O)OC(COCCC(C(=O)O)[N+](C)(C)C)COC(=O)CCCCCCC/C=C/CCCCCCCCC. The summed E-state index contributed by atoms with van der Waals surface area (Å²) < 4.78 is 17.3. The van der Waals surface area contributed by atoms with Crippen molar-refractivity contribution in [2.75, 3.05) is 41.0 Å². The van der Waals surface area contributed by atoms with Gasteiger partial charge in [-0.3, -0.25) is 9.59 Å². The lowest BCUT2D eigenvalue weighted by Crippen LogP contribution is -2.50. The summed E-state index contributed by atoms with van der Waals surface area (Å²) in [6, 6.07) is -0.617. The van der Waals surface area contributed by atoms with Crippen LogP contribution in [0.2, 0.25) is 0 Å². The van der Waals surface area contributed by atoms with Crippen LogP contribution in [0.15, 0.2) is 48.6 Å². The summed E-state index contributed by atoms with van der Waals surface area (Å²) in [7, 11) is 5.53. The highest BCUT2D eigenvalue weighted by atomic mass is 16.6. The van der Waals surface area contributed by atoms with Crippen molar-refractivity contribution in [1.82, 2.24) is 0 Å². The third-order valence-electron chi connectivity index (χ3n) is 11.2. The normalized spacial score (nSPS) is 13.3. The van der Waals surface area contributed by atoms with E-state index in [0.717, 1.165) is 64.2 Å². The van der Waals surface area contributed by atoms with Gasteiger partial charge in [0.2, 0.25) is 0 Å². The minimum absolute atomic E-state index is 0.0556. The Morgan fingerprint density at radius 3 is 1.38 bits per heavy atom. The van der Waals surface area contributed by atoms with Crippen molar-refractivity contribution in [1.29, 1.82) is 0 Å². The number of likely N-dealkylation sites (N-methyl/N-ethyl adjacent to an activating group) is 1. The number of unbranched alkanes of at least 4 members (excludes halogenated alkanes) is 23. The molecule has 0 radical (unpaired) electrons. The molecule has 0 aromatic rings. The highest BCUT2D eigenvalue weighted by Gasteiger charge is 2.31. The molecule has 0 aromatic carbocycles. The molecule has 8 nitrogen and oxygen atoms in total. The number of carbonyl (C=O) groups excluding carboxylic acids is 2. The van der Waals surface area contributed by atoms with Crippen molar-refractivity contribution in [2.45, 2.75) is 231 Å². The monoisotopic (exact) mass is 859 g/mol. The molecule has 0 aliphatic heterocycles. The first-order chi connectivity index (χ1) is 29.6. The molecule has 2 unspecified atom stereocenters. The van der Waals surface area contributed by atoms with Crippen molar-refractivity contribution < 1.29 is 38.2 Å². The van der Waals surface area contributed by atoms with Crippen molar-refractivity contribution in [2.24, 2.45) is 0 Å². The first-order valence-corrected chi connectivity index (χ1v) is 25.2. The number of carboxylic acids is 1. The molecule has 0 saturated heterocycles. The average molecular weight is 859 g/mol. The highest BCUT2D eigenvalue weighted by molar-refractivity contribution is 5.72. The van der Waals surface area contributed by atoms with Gasteiger partial charge in [-0.15, -0.1) is 0 Å². The maximum absolute atomic E-state index is 12.8. The molecule has 0 heterocycles. The van der Waals surface area contributed by atoms with Crippen LogP contribution in [-0.2, 0) is 28.6 Å². The van der Waals surface area contributed by atoms with Crippen LogP contribution in [0.3, 0.4) is 0 Å². The van der Waals surface area contributed by atoms with Crippen LogP contribution in [0.5, 0.6) is 0 Å². The maximum Gasteiger partial charge on any atom is 0.362 e. The summed E-state index contributed by atoms with van der Waals surface area (Å²) in [5, 5.41) is 9.65. The lowest BCUT2D eigenvalue weighted by Gasteiger charge is -2.31. The second-order valence-corrected chi connectivity index (χ2v) is 18.0. The predicted octanol–water partition coefficient (Wildman–Crippen LogP) is 14.4. The fourth-order valence-electron chi connectivity index (χ4n) is 7.34. The lowest BCUT2D eigenvalue weighted by atomic mass is 10.0. The number of carboxylic acid groups (broad SMARTS) is 1. The molecule has 0 saturated carbocycles. The molecule has 0 aliphatic rings. The van der Waals surface area contributed by atoms with E-state index in [1.165, 1.54) is 122 Å². The third kappa shape index (κ3) is 42.4. The molecular formula is C53H96NO7+. The second-order valence-electron chi connectivity index (χ2n) is 18.0. The molecule has 354 valence electrons. The quantitative estimate of drug-likeness (QED) is 0.0282. The molecule has 0 aromatic heterocycles. The summed E-state index contributed by atoms with van der Waals surface area (Å²) in [6.45, 7) is 4.63. The number of quaternary nitrogens is 1. The molecule has 0 aliphatic carbocycles. The van der Waals surface area contributed by atoms with Gasteiger partial charge in [-0.05, 0) is 70.6 Å². The van der Waals surface area contributed by atoms with Gasteiger partial charge in [0.1, 0.15) is 6.61 Å². The van der Waals surface area contributed by atoms with E-state index in [1.54, 1.807) is 0 Å². The Hall–Kier alpha value is -2.71. The van der Waals surface area contributed by atoms with E-state index in [9.17, 15) is 19.5 Å². The first kappa shape index (κ1) is 58.3. The maximum atomic E-state index is 12.8. The lowest BCUT2D eigenvalue weighted by molar-refractivity contribution is -0.887. The molecule has 0 amide bonds. The molecule has 0 fully saturated rings. The van der Waals surface area contributed by atoms with Gasteiger partial charge in [-0.25, -0.2) is 4.79 Å². The van der Waals surface area contributed by atoms with E-state index < -0.39 is 18.1 Å². The molecule has 1 N–H and O–H groups in total. The van der Waals surface area contributed by atoms with Crippen LogP contribution in [0.4, 0.5) is 0 Å². The molecule has 2 atom stereocenters. The number of hydrogen-bond acceptors (Lipinski definition) is 6. The molecule has 8 heteroatoms. The van der Waals surface area contributed by atoms with E-state index in [4.69, 9.17) is 14.2 Å². The van der Waals surface area contributed by atoms with Gasteiger partial charge in [0, 0.05) is 19.3 Å². The van der Waals surface area contributed by atoms with Gasteiger partial charge >= 0.3 is 17.9 Å². The van der Waals surface area contributed by atoms with Gasteiger partial charge in [0.25, 0.3) is 0 Å².